The summed E-state index contributed by atoms with van der Waals surface area (Å²) in [5, 5.41) is 0. The highest BCUT2D eigenvalue weighted by Gasteiger charge is 2.61. The van der Waals surface area contributed by atoms with Gasteiger partial charge in [0.15, 0.2) is 0 Å². The molecule has 7 atom stereocenters. The maximum atomic E-state index is 12.7. The Morgan fingerprint density at radius 2 is 1.56 bits per heavy atom. The Labute approximate surface area is 201 Å². The third-order valence-corrected chi connectivity index (χ3v) is 10.5. The molecule has 0 bridgehead atoms. The number of imide groups is 3. The van der Waals surface area contributed by atoms with Gasteiger partial charge in [-0.15, -0.1) is 0 Å². The number of hydrogen-bond acceptors (Lipinski definition) is 6. The number of carbonyl (C=O) groups excluding carboxylic acids is 5. The van der Waals surface area contributed by atoms with Crippen LogP contribution in [0.1, 0.15) is 97.3 Å². The number of hydrogen-bond donors (Lipinski definition) is 0. The molecule has 0 N–H and O–H groups in total. The minimum atomic E-state index is -0.601. The highest BCUT2D eigenvalue weighted by Crippen LogP contribution is 2.66. The van der Waals surface area contributed by atoms with Crippen molar-refractivity contribution in [2.75, 3.05) is 0 Å². The van der Waals surface area contributed by atoms with Crippen LogP contribution in [0.4, 0.5) is 0 Å². The monoisotopic (exact) mass is 471 g/mol. The molecular weight excluding hydrogens is 434 g/mol. The third kappa shape index (κ3) is 3.74. The zero-order valence-electron chi connectivity index (χ0n) is 20.5. The average molecular weight is 472 g/mol. The molecule has 4 aliphatic carbocycles. The fraction of sp³-hybridized carbons (Fsp3) is 0.815. The van der Waals surface area contributed by atoms with Crippen LogP contribution >= 0.6 is 0 Å². The van der Waals surface area contributed by atoms with Gasteiger partial charge < -0.3 is 4.74 Å². The van der Waals surface area contributed by atoms with Gasteiger partial charge in [0.1, 0.15) is 11.9 Å². The summed E-state index contributed by atoms with van der Waals surface area (Å²) in [5.41, 5.74) is 0.215. The largest absolute Gasteiger partial charge is 0.462 e. The van der Waals surface area contributed by atoms with Crippen molar-refractivity contribution in [3.63, 3.8) is 0 Å². The van der Waals surface area contributed by atoms with Crippen molar-refractivity contribution in [2.45, 2.75) is 103 Å². The zero-order chi connectivity index (χ0) is 24.3. The number of carbonyl (C=O) groups is 5. The van der Waals surface area contributed by atoms with E-state index in [1.54, 1.807) is 0 Å². The van der Waals surface area contributed by atoms with Gasteiger partial charge in [-0.2, -0.15) is 0 Å². The van der Waals surface area contributed by atoms with Gasteiger partial charge in [-0.1, -0.05) is 13.8 Å². The molecule has 0 aromatic rings. The van der Waals surface area contributed by atoms with Gasteiger partial charge >= 0.3 is 5.97 Å². The lowest BCUT2D eigenvalue weighted by Gasteiger charge is -2.60. The number of Topliss-reactive ketones (excluding diaryl/α,β-unsaturated/α-hetero) is 1. The third-order valence-electron chi connectivity index (χ3n) is 10.5. The van der Waals surface area contributed by atoms with Gasteiger partial charge in [0.05, 0.1) is 6.42 Å². The van der Waals surface area contributed by atoms with Crippen LogP contribution in [0.25, 0.3) is 0 Å². The average Bonchev–Trinajstić information content (AvgIpc) is 3.31. The summed E-state index contributed by atoms with van der Waals surface area (Å²) < 4.78 is 5.95. The summed E-state index contributed by atoms with van der Waals surface area (Å²) >= 11 is 0. The van der Waals surface area contributed by atoms with Gasteiger partial charge in [-0.25, -0.2) is 4.90 Å². The molecular formula is C27H37NO6. The van der Waals surface area contributed by atoms with Crippen LogP contribution < -0.4 is 0 Å². The van der Waals surface area contributed by atoms with E-state index in [-0.39, 0.29) is 42.6 Å². The molecule has 1 heterocycles. The van der Waals surface area contributed by atoms with E-state index in [1.165, 1.54) is 6.42 Å². The first kappa shape index (κ1) is 23.7. The lowest BCUT2D eigenvalue weighted by Crippen LogP contribution is -2.54. The lowest BCUT2D eigenvalue weighted by molar-refractivity contribution is -0.165. The van der Waals surface area contributed by atoms with Crippen molar-refractivity contribution in [3.05, 3.63) is 0 Å². The fourth-order valence-corrected chi connectivity index (χ4v) is 8.58. The molecule has 1 saturated heterocycles. The second-order valence-corrected chi connectivity index (χ2v) is 12.0. The molecule has 1 aliphatic heterocycles. The summed E-state index contributed by atoms with van der Waals surface area (Å²) in [5.74, 6) is 0.813. The van der Waals surface area contributed by atoms with Gasteiger partial charge in [-0.3, -0.25) is 24.0 Å². The molecule has 7 heteroatoms. The van der Waals surface area contributed by atoms with Gasteiger partial charge in [0.25, 0.3) is 0 Å². The van der Waals surface area contributed by atoms with Crippen LogP contribution in [-0.2, 0) is 28.7 Å². The minimum Gasteiger partial charge on any atom is -0.462 e. The molecule has 0 aromatic carbocycles. The Kier molecular flexibility index (Phi) is 5.96. The van der Waals surface area contributed by atoms with Crippen LogP contribution in [-0.4, -0.2) is 40.5 Å². The van der Waals surface area contributed by atoms with Gasteiger partial charge in [-0.05, 0) is 74.0 Å². The molecule has 4 saturated carbocycles. The van der Waals surface area contributed by atoms with Crippen molar-refractivity contribution in [1.82, 2.24) is 4.90 Å². The van der Waals surface area contributed by atoms with E-state index < -0.39 is 23.7 Å². The Bertz CT molecular complexity index is 912. The van der Waals surface area contributed by atoms with E-state index in [0.29, 0.717) is 34.4 Å². The number of esters is 1. The van der Waals surface area contributed by atoms with Crippen LogP contribution in [0.3, 0.4) is 0 Å². The van der Waals surface area contributed by atoms with Crippen LogP contribution in [0, 0.1) is 34.5 Å². The normalized spacial score (nSPS) is 41.6. The topological polar surface area (TPSA) is 97.8 Å². The van der Waals surface area contributed by atoms with E-state index in [0.717, 1.165) is 51.4 Å². The quantitative estimate of drug-likeness (QED) is 0.455. The predicted octanol–water partition coefficient (Wildman–Crippen LogP) is 3.97. The molecule has 0 radical (unpaired) electrons. The summed E-state index contributed by atoms with van der Waals surface area (Å²) in [6, 6.07) is 0. The smallest absolute Gasteiger partial charge is 0.306 e. The summed E-state index contributed by atoms with van der Waals surface area (Å²) in [6.07, 6.45) is 8.60. The van der Waals surface area contributed by atoms with Crippen molar-refractivity contribution in [1.29, 1.82) is 0 Å². The molecule has 7 unspecified atom stereocenters. The maximum Gasteiger partial charge on any atom is 0.306 e. The van der Waals surface area contributed by atoms with Crippen molar-refractivity contribution in [2.24, 2.45) is 34.5 Å². The predicted molar refractivity (Wildman–Crippen MR) is 122 cm³/mol. The highest BCUT2D eigenvalue weighted by atomic mass is 16.5. The Morgan fingerprint density at radius 1 is 0.853 bits per heavy atom. The minimum absolute atomic E-state index is 0.0462. The molecule has 7 nitrogen and oxygen atoms in total. The first-order valence-electron chi connectivity index (χ1n) is 13.2. The Balaban J connectivity index is 1.20. The van der Waals surface area contributed by atoms with Crippen LogP contribution in [0.15, 0.2) is 0 Å². The summed E-state index contributed by atoms with van der Waals surface area (Å²) in [4.78, 5) is 61.2. The van der Waals surface area contributed by atoms with E-state index in [4.69, 9.17) is 4.74 Å². The molecule has 0 aromatic heterocycles. The summed E-state index contributed by atoms with van der Waals surface area (Å²) in [6.45, 7) is 4.72. The molecule has 0 spiro atoms. The fourth-order valence-electron chi connectivity index (χ4n) is 8.58. The Hall–Kier alpha value is -2.05. The molecule has 34 heavy (non-hydrogen) atoms. The highest BCUT2D eigenvalue weighted by molar-refractivity contribution is 6.15. The van der Waals surface area contributed by atoms with Crippen molar-refractivity contribution in [3.8, 4) is 0 Å². The number of likely N-dealkylation sites (tertiary alicyclic amines) is 1. The van der Waals surface area contributed by atoms with E-state index in [2.05, 4.69) is 13.8 Å². The molecule has 5 fully saturated rings. The van der Waals surface area contributed by atoms with Crippen LogP contribution in [0.2, 0.25) is 0 Å². The zero-order valence-corrected chi connectivity index (χ0v) is 20.5. The molecule has 3 amide bonds. The van der Waals surface area contributed by atoms with Crippen molar-refractivity contribution < 1.29 is 28.7 Å². The van der Waals surface area contributed by atoms with Crippen molar-refractivity contribution >= 4 is 29.5 Å². The van der Waals surface area contributed by atoms with E-state index in [1.807, 2.05) is 0 Å². The standard InChI is InChI=1S/C27H37NO6/c1-26-13-11-17(29)15-16(26)3-4-18-19-5-6-21(27(19,2)14-12-20(18)26)34-25(33)10-9-24(32)28-22(30)7-8-23(28)31/h16,18-21H,3-15H2,1-2H3. The van der Waals surface area contributed by atoms with Gasteiger partial charge in [0.2, 0.25) is 17.7 Å². The first-order valence-corrected chi connectivity index (χ1v) is 13.2. The number of rotatable bonds is 4. The van der Waals surface area contributed by atoms with E-state index in [9.17, 15) is 24.0 Å². The first-order chi connectivity index (χ1) is 16.1. The maximum absolute atomic E-state index is 12.7. The number of nitrogens with zero attached hydrogens (tertiary/aromatic N) is 1. The SMILES string of the molecule is CC12CCC(=O)CC1CCC1C2CCC2(C)C(OC(=O)CCC(=O)N3C(=O)CCC3=O)CCC12. The Morgan fingerprint density at radius 3 is 2.29 bits per heavy atom. The second kappa shape index (κ2) is 8.56. The lowest BCUT2D eigenvalue weighted by atomic mass is 9.45. The molecule has 186 valence electrons. The van der Waals surface area contributed by atoms with E-state index >= 15 is 0 Å². The number of ether oxygens (including phenoxy) is 1. The number of fused-ring (bicyclic) bond motifs is 5. The number of amides is 3. The van der Waals surface area contributed by atoms with Crippen LogP contribution in [0.5, 0.6) is 0 Å². The van der Waals surface area contributed by atoms with Gasteiger partial charge in [0, 0.05) is 37.5 Å². The second-order valence-electron chi connectivity index (χ2n) is 12.0. The number of ketones is 1. The summed E-state index contributed by atoms with van der Waals surface area (Å²) in [7, 11) is 0. The molecule has 5 aliphatic rings. The molecule has 5 rings (SSSR count).